The van der Waals surface area contributed by atoms with Crippen molar-refractivity contribution in [3.63, 3.8) is 0 Å². The predicted octanol–water partition coefficient (Wildman–Crippen LogP) is 0.420. The maximum Gasteiger partial charge on any atom is 0.293 e. The summed E-state index contributed by atoms with van der Waals surface area (Å²) in [5.74, 6) is 0. The van der Waals surface area contributed by atoms with Gasteiger partial charge in [0.05, 0.1) is 0 Å². The third-order valence-corrected chi connectivity index (χ3v) is 1.78. The van der Waals surface area contributed by atoms with Crippen molar-refractivity contribution >= 4 is 12.9 Å². The summed E-state index contributed by atoms with van der Waals surface area (Å²) in [7, 11) is 0. The van der Waals surface area contributed by atoms with Crippen molar-refractivity contribution in [2.45, 2.75) is 25.0 Å². The predicted molar refractivity (Wildman–Crippen MR) is 40.2 cm³/mol. The van der Waals surface area contributed by atoms with Crippen LogP contribution in [0.4, 0.5) is 0 Å². The zero-order valence-electron chi connectivity index (χ0n) is 6.51. The van der Waals surface area contributed by atoms with E-state index in [2.05, 4.69) is 0 Å². The Morgan fingerprint density at radius 3 is 1.75 bits per heavy atom. The van der Waals surface area contributed by atoms with Crippen LogP contribution in [0.5, 0.6) is 0 Å². The Labute approximate surface area is 70.1 Å². The van der Waals surface area contributed by atoms with Gasteiger partial charge in [0.2, 0.25) is 0 Å². The third-order valence-electron chi connectivity index (χ3n) is 1.78. The van der Waals surface area contributed by atoms with Gasteiger partial charge in [-0.2, -0.15) is 0 Å². The molecule has 4 nitrogen and oxygen atoms in total. The Balaban J connectivity index is 2.49. The molecule has 0 saturated carbocycles. The zero-order valence-corrected chi connectivity index (χ0v) is 6.51. The van der Waals surface area contributed by atoms with Crippen LogP contribution < -0.4 is 0 Å². The highest BCUT2D eigenvalue weighted by atomic mass is 16.6. The lowest BCUT2D eigenvalue weighted by Crippen LogP contribution is -2.32. The minimum absolute atomic E-state index is 0.322. The van der Waals surface area contributed by atoms with E-state index in [0.717, 1.165) is 0 Å². The second kappa shape index (κ2) is 4.54. The van der Waals surface area contributed by atoms with E-state index in [1.807, 2.05) is 12.2 Å². The van der Waals surface area contributed by atoms with Crippen LogP contribution in [0.2, 0.25) is 0 Å². The number of carbonyl (C=O) groups excluding carboxylic acids is 2. The number of rotatable bonds is 4. The van der Waals surface area contributed by atoms with Crippen LogP contribution in [0, 0.1) is 0 Å². The number of ether oxygens (including phenoxy) is 2. The first-order valence-electron chi connectivity index (χ1n) is 3.71. The topological polar surface area (TPSA) is 52.6 Å². The van der Waals surface area contributed by atoms with Crippen molar-refractivity contribution in [2.24, 2.45) is 0 Å². The molecular weight excluding hydrogens is 160 g/mol. The van der Waals surface area contributed by atoms with Gasteiger partial charge in [0.25, 0.3) is 12.9 Å². The fraction of sp³-hybridized carbons (Fsp3) is 0.500. The SMILES string of the molecule is O=COC1CC=CCC1OC=O. The van der Waals surface area contributed by atoms with Crippen LogP contribution in [0.1, 0.15) is 12.8 Å². The van der Waals surface area contributed by atoms with Crippen molar-refractivity contribution in [3.05, 3.63) is 12.2 Å². The van der Waals surface area contributed by atoms with Gasteiger partial charge in [-0.05, 0) is 0 Å². The second-order valence-electron chi connectivity index (χ2n) is 2.48. The van der Waals surface area contributed by atoms with Gasteiger partial charge in [-0.15, -0.1) is 0 Å². The lowest BCUT2D eigenvalue weighted by Gasteiger charge is -2.24. The molecule has 1 aliphatic carbocycles. The summed E-state index contributed by atoms with van der Waals surface area (Å²) in [5.41, 5.74) is 0. The molecule has 0 spiro atoms. The second-order valence-corrected chi connectivity index (χ2v) is 2.48. The summed E-state index contributed by atoms with van der Waals surface area (Å²) >= 11 is 0. The first-order chi connectivity index (χ1) is 5.88. The largest absolute Gasteiger partial charge is 0.460 e. The molecule has 4 heteroatoms. The quantitative estimate of drug-likeness (QED) is 0.453. The van der Waals surface area contributed by atoms with Gasteiger partial charge in [0, 0.05) is 12.8 Å². The minimum Gasteiger partial charge on any atom is -0.460 e. The number of hydrogen-bond acceptors (Lipinski definition) is 4. The Hall–Kier alpha value is -1.32. The lowest BCUT2D eigenvalue weighted by molar-refractivity contribution is -0.151. The zero-order chi connectivity index (χ0) is 8.81. The standard InChI is InChI=1S/C8H10O4/c9-5-11-7-3-1-2-4-8(7)12-6-10/h1-2,5-8H,3-4H2. The van der Waals surface area contributed by atoms with Crippen LogP contribution in [0.15, 0.2) is 12.2 Å². The third kappa shape index (κ3) is 2.08. The van der Waals surface area contributed by atoms with Crippen LogP contribution in [-0.4, -0.2) is 25.2 Å². The summed E-state index contributed by atoms with van der Waals surface area (Å²) in [4.78, 5) is 20.1. The average Bonchev–Trinajstić information content (AvgIpc) is 2.09. The summed E-state index contributed by atoms with van der Waals surface area (Å²) in [6.45, 7) is 0.760. The van der Waals surface area contributed by atoms with Crippen LogP contribution in [0.3, 0.4) is 0 Å². The summed E-state index contributed by atoms with van der Waals surface area (Å²) < 4.78 is 9.46. The van der Waals surface area contributed by atoms with Crippen LogP contribution >= 0.6 is 0 Å². The van der Waals surface area contributed by atoms with Crippen LogP contribution in [0.25, 0.3) is 0 Å². The van der Waals surface area contributed by atoms with Crippen LogP contribution in [-0.2, 0) is 19.1 Å². The Bertz CT molecular complexity index is 167. The van der Waals surface area contributed by atoms with E-state index in [1.165, 1.54) is 0 Å². The van der Waals surface area contributed by atoms with E-state index in [0.29, 0.717) is 25.8 Å². The monoisotopic (exact) mass is 170 g/mol. The maximum atomic E-state index is 10.0. The molecule has 0 aromatic carbocycles. The number of hydrogen-bond donors (Lipinski definition) is 0. The normalized spacial score (nSPS) is 27.7. The Kier molecular flexibility index (Phi) is 3.32. The lowest BCUT2D eigenvalue weighted by atomic mass is 10.0. The summed E-state index contributed by atoms with van der Waals surface area (Å²) in [6.07, 6.45) is 4.38. The van der Waals surface area contributed by atoms with Gasteiger partial charge in [-0.25, -0.2) is 0 Å². The molecule has 2 unspecified atom stereocenters. The van der Waals surface area contributed by atoms with Crippen molar-refractivity contribution in [3.8, 4) is 0 Å². The molecule has 2 atom stereocenters. The van der Waals surface area contributed by atoms with Gasteiger partial charge < -0.3 is 9.47 Å². The van der Waals surface area contributed by atoms with Gasteiger partial charge in [0.1, 0.15) is 12.2 Å². The molecule has 0 aromatic rings. The Morgan fingerprint density at radius 2 is 1.42 bits per heavy atom. The highest BCUT2D eigenvalue weighted by Crippen LogP contribution is 2.17. The highest BCUT2D eigenvalue weighted by Gasteiger charge is 2.24. The molecule has 0 N–H and O–H groups in total. The molecule has 0 aromatic heterocycles. The van der Waals surface area contributed by atoms with Gasteiger partial charge in [0.15, 0.2) is 0 Å². The van der Waals surface area contributed by atoms with E-state index in [4.69, 9.17) is 9.47 Å². The van der Waals surface area contributed by atoms with Gasteiger partial charge in [-0.3, -0.25) is 9.59 Å². The summed E-state index contributed by atoms with van der Waals surface area (Å²) in [6, 6.07) is 0. The highest BCUT2D eigenvalue weighted by molar-refractivity contribution is 5.39. The molecule has 0 amide bonds. The average molecular weight is 170 g/mol. The molecule has 0 radical (unpaired) electrons. The van der Waals surface area contributed by atoms with Crippen molar-refractivity contribution < 1.29 is 19.1 Å². The van der Waals surface area contributed by atoms with Gasteiger partial charge >= 0.3 is 0 Å². The van der Waals surface area contributed by atoms with E-state index in [-0.39, 0.29) is 12.2 Å². The van der Waals surface area contributed by atoms with E-state index in [9.17, 15) is 9.59 Å². The summed E-state index contributed by atoms with van der Waals surface area (Å²) in [5, 5.41) is 0. The fourth-order valence-corrected chi connectivity index (χ4v) is 1.19. The Morgan fingerprint density at radius 1 is 1.00 bits per heavy atom. The van der Waals surface area contributed by atoms with E-state index >= 15 is 0 Å². The molecule has 66 valence electrons. The smallest absolute Gasteiger partial charge is 0.293 e. The first-order valence-corrected chi connectivity index (χ1v) is 3.71. The van der Waals surface area contributed by atoms with Crippen molar-refractivity contribution in [1.29, 1.82) is 0 Å². The molecule has 1 rings (SSSR count). The molecule has 0 saturated heterocycles. The molecule has 0 bridgehead atoms. The van der Waals surface area contributed by atoms with Crippen molar-refractivity contribution in [1.82, 2.24) is 0 Å². The molecule has 0 heterocycles. The molecular formula is C8H10O4. The molecule has 1 aliphatic rings. The van der Waals surface area contributed by atoms with E-state index < -0.39 is 0 Å². The van der Waals surface area contributed by atoms with E-state index in [1.54, 1.807) is 0 Å². The van der Waals surface area contributed by atoms with Crippen molar-refractivity contribution in [2.75, 3.05) is 0 Å². The number of carbonyl (C=O) groups is 2. The first kappa shape index (κ1) is 8.77. The molecule has 12 heavy (non-hydrogen) atoms. The fourth-order valence-electron chi connectivity index (χ4n) is 1.19. The molecule has 0 aliphatic heterocycles. The maximum absolute atomic E-state index is 10.0. The van der Waals surface area contributed by atoms with Gasteiger partial charge in [-0.1, -0.05) is 12.2 Å². The molecule has 0 fully saturated rings. The minimum atomic E-state index is -0.322.